The molecule has 1 aliphatic rings. The Labute approximate surface area is 113 Å². The fraction of sp³-hybridized carbons (Fsp3) is 0.467. The van der Waals surface area contributed by atoms with Gasteiger partial charge in [-0.2, -0.15) is 5.26 Å². The van der Waals surface area contributed by atoms with Crippen molar-refractivity contribution < 1.29 is 9.90 Å². The van der Waals surface area contributed by atoms with Crippen molar-refractivity contribution in [3.63, 3.8) is 0 Å². The third kappa shape index (κ3) is 3.63. The van der Waals surface area contributed by atoms with E-state index in [1.165, 1.54) is 0 Å². The molecule has 1 aliphatic carbocycles. The number of Topliss-reactive ketones (excluding diaryl/α,β-unsaturated/α-hetero) is 1. The normalized spacial score (nSPS) is 21.8. The number of aliphatic hydroxyl groups is 1. The van der Waals surface area contributed by atoms with Crippen molar-refractivity contribution in [2.45, 2.75) is 18.9 Å². The van der Waals surface area contributed by atoms with Crippen LogP contribution in [0.5, 0.6) is 0 Å². The zero-order chi connectivity index (χ0) is 13.8. The van der Waals surface area contributed by atoms with Crippen molar-refractivity contribution in [3.8, 4) is 6.07 Å². The first-order valence-electron chi connectivity index (χ1n) is 6.48. The number of carbonyl (C=O) groups is 1. The molecule has 1 saturated carbocycles. The molecule has 1 fully saturated rings. The van der Waals surface area contributed by atoms with Crippen LogP contribution in [0.1, 0.15) is 28.8 Å². The van der Waals surface area contributed by atoms with E-state index in [-0.39, 0.29) is 11.9 Å². The SMILES string of the molecule is CN(CC(=O)c1ccc(C#N)cc1)CC1CC(O)C1. The number of ketones is 1. The Kier molecular flexibility index (Phi) is 4.31. The maximum Gasteiger partial charge on any atom is 0.176 e. The number of aliphatic hydroxyl groups excluding tert-OH is 1. The summed E-state index contributed by atoms with van der Waals surface area (Å²) in [6, 6.07) is 8.75. The van der Waals surface area contributed by atoms with Gasteiger partial charge >= 0.3 is 0 Å². The molecule has 2 rings (SSSR count). The third-order valence-corrected chi connectivity index (χ3v) is 3.53. The van der Waals surface area contributed by atoms with Gasteiger partial charge in [-0.15, -0.1) is 0 Å². The molecule has 0 saturated heterocycles. The standard InChI is InChI=1S/C15H18N2O2/c1-17(9-12-6-14(18)7-12)10-15(19)13-4-2-11(8-16)3-5-13/h2-5,12,14,18H,6-7,9-10H2,1H3. The van der Waals surface area contributed by atoms with Crippen molar-refractivity contribution in [2.24, 2.45) is 5.92 Å². The largest absolute Gasteiger partial charge is 0.393 e. The molecule has 0 amide bonds. The van der Waals surface area contributed by atoms with Crippen molar-refractivity contribution in [3.05, 3.63) is 35.4 Å². The molecule has 0 aliphatic heterocycles. The molecule has 0 atom stereocenters. The van der Waals surface area contributed by atoms with Crippen molar-refractivity contribution in [1.29, 1.82) is 5.26 Å². The second-order valence-electron chi connectivity index (χ2n) is 5.30. The van der Waals surface area contributed by atoms with Gasteiger partial charge in [-0.1, -0.05) is 12.1 Å². The summed E-state index contributed by atoms with van der Waals surface area (Å²) in [6.45, 7) is 1.22. The lowest BCUT2D eigenvalue weighted by Gasteiger charge is -2.34. The number of benzene rings is 1. The number of nitriles is 1. The number of carbonyl (C=O) groups excluding carboxylic acids is 1. The lowest BCUT2D eigenvalue weighted by Crippen LogP contribution is -2.38. The summed E-state index contributed by atoms with van der Waals surface area (Å²) in [5.74, 6) is 0.570. The average Bonchev–Trinajstić information content (AvgIpc) is 2.37. The average molecular weight is 258 g/mol. The third-order valence-electron chi connectivity index (χ3n) is 3.53. The van der Waals surface area contributed by atoms with Crippen LogP contribution in [0.25, 0.3) is 0 Å². The van der Waals surface area contributed by atoms with Gasteiger partial charge in [-0.25, -0.2) is 0 Å². The minimum Gasteiger partial charge on any atom is -0.393 e. The summed E-state index contributed by atoms with van der Waals surface area (Å²) in [4.78, 5) is 14.0. The predicted molar refractivity (Wildman–Crippen MR) is 71.7 cm³/mol. The first kappa shape index (κ1) is 13.7. The van der Waals surface area contributed by atoms with Crippen molar-refractivity contribution in [2.75, 3.05) is 20.1 Å². The van der Waals surface area contributed by atoms with Gasteiger partial charge in [0.2, 0.25) is 0 Å². The molecule has 1 aromatic carbocycles. The van der Waals surface area contributed by atoms with Gasteiger partial charge in [0.1, 0.15) is 0 Å². The predicted octanol–water partition coefficient (Wildman–Crippen LogP) is 1.44. The van der Waals surface area contributed by atoms with E-state index in [1.54, 1.807) is 24.3 Å². The molecule has 0 bridgehead atoms. The molecular weight excluding hydrogens is 240 g/mol. The Morgan fingerprint density at radius 1 is 1.42 bits per heavy atom. The second kappa shape index (κ2) is 5.96. The van der Waals surface area contributed by atoms with Crippen LogP contribution in [0.4, 0.5) is 0 Å². The number of rotatable bonds is 5. The highest BCUT2D eigenvalue weighted by molar-refractivity contribution is 5.97. The fourth-order valence-electron chi connectivity index (χ4n) is 2.42. The maximum absolute atomic E-state index is 12.0. The molecular formula is C15H18N2O2. The van der Waals surface area contributed by atoms with Crippen LogP contribution in [0.3, 0.4) is 0 Å². The van der Waals surface area contributed by atoms with Gasteiger partial charge in [0.05, 0.1) is 24.3 Å². The van der Waals surface area contributed by atoms with Crippen LogP contribution in [0.2, 0.25) is 0 Å². The molecule has 4 heteroatoms. The monoisotopic (exact) mass is 258 g/mol. The lowest BCUT2D eigenvalue weighted by molar-refractivity contribution is 0.0286. The highest BCUT2D eigenvalue weighted by Gasteiger charge is 2.28. The minimum atomic E-state index is -0.146. The second-order valence-corrected chi connectivity index (χ2v) is 5.30. The van der Waals surface area contributed by atoms with Gasteiger partial charge < -0.3 is 5.11 Å². The van der Waals surface area contributed by atoms with Crippen molar-refractivity contribution >= 4 is 5.78 Å². The van der Waals surface area contributed by atoms with E-state index >= 15 is 0 Å². The number of nitrogens with zero attached hydrogens (tertiary/aromatic N) is 2. The van der Waals surface area contributed by atoms with Crippen LogP contribution >= 0.6 is 0 Å². The van der Waals surface area contributed by atoms with Crippen LogP contribution in [0.15, 0.2) is 24.3 Å². The molecule has 100 valence electrons. The summed E-state index contributed by atoms with van der Waals surface area (Å²) in [5, 5.41) is 17.9. The van der Waals surface area contributed by atoms with Crippen LogP contribution in [-0.2, 0) is 0 Å². The first-order valence-corrected chi connectivity index (χ1v) is 6.48. The molecule has 0 heterocycles. The van der Waals surface area contributed by atoms with Gasteiger partial charge in [0.25, 0.3) is 0 Å². The molecule has 1 aromatic rings. The number of hydrogen-bond acceptors (Lipinski definition) is 4. The van der Waals surface area contributed by atoms with Gasteiger partial charge in [-0.05, 0) is 37.9 Å². The van der Waals surface area contributed by atoms with E-state index in [0.717, 1.165) is 19.4 Å². The quantitative estimate of drug-likeness (QED) is 0.812. The zero-order valence-electron chi connectivity index (χ0n) is 11.0. The van der Waals surface area contributed by atoms with Crippen LogP contribution < -0.4 is 0 Å². The Morgan fingerprint density at radius 2 is 2.05 bits per heavy atom. The molecule has 4 nitrogen and oxygen atoms in total. The molecule has 0 unspecified atom stereocenters. The van der Waals surface area contributed by atoms with E-state index in [2.05, 4.69) is 0 Å². The fourth-order valence-corrected chi connectivity index (χ4v) is 2.42. The number of likely N-dealkylation sites (N-methyl/N-ethyl adjacent to an activating group) is 1. The van der Waals surface area contributed by atoms with E-state index < -0.39 is 0 Å². The molecule has 19 heavy (non-hydrogen) atoms. The molecule has 0 radical (unpaired) electrons. The summed E-state index contributed by atoms with van der Waals surface area (Å²) in [6.07, 6.45) is 1.54. The minimum absolute atomic E-state index is 0.0619. The lowest BCUT2D eigenvalue weighted by atomic mass is 9.82. The molecule has 1 N–H and O–H groups in total. The maximum atomic E-state index is 12.0. The Balaban J connectivity index is 1.84. The van der Waals surface area contributed by atoms with Gasteiger partial charge in [0, 0.05) is 12.1 Å². The Bertz CT molecular complexity index is 484. The summed E-state index contributed by atoms with van der Waals surface area (Å²) < 4.78 is 0. The first-order chi connectivity index (χ1) is 9.08. The van der Waals surface area contributed by atoms with Gasteiger partial charge in [-0.3, -0.25) is 9.69 Å². The van der Waals surface area contributed by atoms with E-state index in [0.29, 0.717) is 23.6 Å². The highest BCUT2D eigenvalue weighted by atomic mass is 16.3. The zero-order valence-corrected chi connectivity index (χ0v) is 11.0. The molecule has 0 aromatic heterocycles. The van der Waals surface area contributed by atoms with Crippen LogP contribution in [0, 0.1) is 17.2 Å². The Morgan fingerprint density at radius 3 is 2.58 bits per heavy atom. The van der Waals surface area contributed by atoms with E-state index in [4.69, 9.17) is 5.26 Å². The summed E-state index contributed by atoms with van der Waals surface area (Å²) >= 11 is 0. The van der Waals surface area contributed by atoms with Crippen molar-refractivity contribution in [1.82, 2.24) is 4.90 Å². The summed E-state index contributed by atoms with van der Waals surface area (Å²) in [5.41, 5.74) is 1.20. The van der Waals surface area contributed by atoms with Gasteiger partial charge in [0.15, 0.2) is 5.78 Å². The number of hydrogen-bond donors (Lipinski definition) is 1. The highest BCUT2D eigenvalue weighted by Crippen LogP contribution is 2.27. The molecule has 0 spiro atoms. The van der Waals surface area contributed by atoms with E-state index in [1.807, 2.05) is 18.0 Å². The van der Waals surface area contributed by atoms with E-state index in [9.17, 15) is 9.90 Å². The smallest absolute Gasteiger partial charge is 0.176 e. The topological polar surface area (TPSA) is 64.3 Å². The Hall–Kier alpha value is -1.70. The van der Waals surface area contributed by atoms with Crippen LogP contribution in [-0.4, -0.2) is 42.0 Å². The summed E-state index contributed by atoms with van der Waals surface area (Å²) in [7, 11) is 1.92.